The lowest BCUT2D eigenvalue weighted by Crippen LogP contribution is -2.31. The third-order valence-corrected chi connectivity index (χ3v) is 4.50. The second-order valence-corrected chi connectivity index (χ2v) is 6.33. The van der Waals surface area contributed by atoms with Crippen molar-refractivity contribution in [3.8, 4) is 5.75 Å². The van der Waals surface area contributed by atoms with Crippen molar-refractivity contribution in [1.29, 1.82) is 0 Å². The van der Waals surface area contributed by atoms with Crippen molar-refractivity contribution in [2.75, 3.05) is 33.8 Å². The summed E-state index contributed by atoms with van der Waals surface area (Å²) < 4.78 is 5.02. The Bertz CT molecular complexity index is 622. The molecule has 1 aromatic carbocycles. The van der Waals surface area contributed by atoms with Gasteiger partial charge in [0.15, 0.2) is 0 Å². The molecule has 1 fully saturated rings. The van der Waals surface area contributed by atoms with E-state index in [0.717, 1.165) is 0 Å². The van der Waals surface area contributed by atoms with Gasteiger partial charge < -0.3 is 19.6 Å². The number of hydrogen-bond acceptors (Lipinski definition) is 4. The number of likely N-dealkylation sites (tertiary alicyclic amines) is 1. The normalized spacial score (nSPS) is 17.5. The van der Waals surface area contributed by atoms with E-state index in [4.69, 9.17) is 27.9 Å². The van der Waals surface area contributed by atoms with E-state index in [0.29, 0.717) is 23.7 Å². The molecule has 8 heteroatoms. The fourth-order valence-electron chi connectivity index (χ4n) is 2.50. The second-order valence-electron chi connectivity index (χ2n) is 5.54. The van der Waals surface area contributed by atoms with Gasteiger partial charge >= 0.3 is 6.09 Å². The van der Waals surface area contributed by atoms with E-state index in [-0.39, 0.29) is 35.6 Å². The molecule has 2 amide bonds. The van der Waals surface area contributed by atoms with Gasteiger partial charge in [-0.2, -0.15) is 0 Å². The van der Waals surface area contributed by atoms with Crippen LogP contribution in [0.15, 0.2) is 12.1 Å². The summed E-state index contributed by atoms with van der Waals surface area (Å²) in [4.78, 5) is 26.3. The number of nitrogens with zero attached hydrogens (tertiary/aromatic N) is 2. The molecule has 2 rings (SSSR count). The van der Waals surface area contributed by atoms with Crippen LogP contribution in [0.2, 0.25) is 10.0 Å². The molecule has 1 aromatic rings. The van der Waals surface area contributed by atoms with E-state index in [9.17, 15) is 14.7 Å². The Labute approximate surface area is 144 Å². The highest BCUT2D eigenvalue weighted by Gasteiger charge is 2.33. The largest absolute Gasteiger partial charge is 0.508 e. The van der Waals surface area contributed by atoms with E-state index in [1.54, 1.807) is 19.0 Å². The molecule has 0 saturated carbocycles. The van der Waals surface area contributed by atoms with Crippen molar-refractivity contribution in [3.05, 3.63) is 27.7 Å². The highest BCUT2D eigenvalue weighted by atomic mass is 35.5. The molecule has 0 radical (unpaired) electrons. The summed E-state index contributed by atoms with van der Waals surface area (Å²) in [6, 6.07) is 2.98. The van der Waals surface area contributed by atoms with Gasteiger partial charge in [0.1, 0.15) is 12.4 Å². The number of phenolic OH excluding ortho intramolecular Hbond substituents is 1. The molecule has 1 heterocycles. The lowest BCUT2D eigenvalue weighted by Gasteiger charge is -2.18. The maximum atomic E-state index is 12.1. The molecule has 0 unspecified atom stereocenters. The van der Waals surface area contributed by atoms with Crippen molar-refractivity contribution in [3.63, 3.8) is 0 Å². The predicted molar refractivity (Wildman–Crippen MR) is 87.1 cm³/mol. The zero-order chi connectivity index (χ0) is 17.1. The van der Waals surface area contributed by atoms with Gasteiger partial charge in [-0.15, -0.1) is 0 Å². The average molecular weight is 361 g/mol. The Morgan fingerprint density at radius 3 is 2.78 bits per heavy atom. The highest BCUT2D eigenvalue weighted by Crippen LogP contribution is 2.41. The lowest BCUT2D eigenvalue weighted by molar-refractivity contribution is -0.128. The summed E-state index contributed by atoms with van der Waals surface area (Å²) in [5.74, 6) is -0.289. The number of hydrogen-bond donors (Lipinski definition) is 1. The monoisotopic (exact) mass is 360 g/mol. The van der Waals surface area contributed by atoms with E-state index >= 15 is 0 Å². The maximum Gasteiger partial charge on any atom is 0.409 e. The standard InChI is InChI=1S/C15H18Cl2N2O4/c1-18(2)15(22)23-6-5-19-8-9(7-12(19)21)13-11(20)4-3-10(16)14(13)17/h3-4,9,20H,5-8H2,1-2H3/t9-/m1/s1. The molecule has 6 nitrogen and oxygen atoms in total. The van der Waals surface area contributed by atoms with Crippen molar-refractivity contribution in [1.82, 2.24) is 9.80 Å². The van der Waals surface area contributed by atoms with Gasteiger partial charge in [-0.05, 0) is 12.1 Å². The number of carbonyl (C=O) groups excluding carboxylic acids is 2. The SMILES string of the molecule is CN(C)C(=O)OCCN1C[C@H](c2c(O)ccc(Cl)c2Cl)CC1=O. The van der Waals surface area contributed by atoms with Crippen LogP contribution < -0.4 is 0 Å². The number of benzene rings is 1. The van der Waals surface area contributed by atoms with Crippen LogP contribution in [-0.4, -0.2) is 60.7 Å². The number of ether oxygens (including phenoxy) is 1. The summed E-state index contributed by atoms with van der Waals surface area (Å²) in [5.41, 5.74) is 0.486. The topological polar surface area (TPSA) is 70.1 Å². The molecular weight excluding hydrogens is 343 g/mol. The lowest BCUT2D eigenvalue weighted by atomic mass is 9.97. The van der Waals surface area contributed by atoms with E-state index < -0.39 is 6.09 Å². The van der Waals surface area contributed by atoms with Crippen LogP contribution in [0.1, 0.15) is 17.9 Å². The molecule has 0 aromatic heterocycles. The molecule has 1 aliphatic rings. The molecule has 0 spiro atoms. The van der Waals surface area contributed by atoms with Crippen LogP contribution in [0.25, 0.3) is 0 Å². The average Bonchev–Trinajstić information content (AvgIpc) is 2.84. The minimum atomic E-state index is -0.455. The second kappa shape index (κ2) is 7.27. The Balaban J connectivity index is 2.00. The van der Waals surface area contributed by atoms with Crippen LogP contribution in [0.3, 0.4) is 0 Å². The van der Waals surface area contributed by atoms with Gasteiger partial charge in [0.05, 0.1) is 16.6 Å². The molecule has 0 bridgehead atoms. The van der Waals surface area contributed by atoms with Crippen molar-refractivity contribution < 1.29 is 19.4 Å². The van der Waals surface area contributed by atoms with Gasteiger partial charge in [0.2, 0.25) is 5.91 Å². The van der Waals surface area contributed by atoms with Gasteiger partial charge in [-0.3, -0.25) is 4.79 Å². The van der Waals surface area contributed by atoms with Crippen molar-refractivity contribution in [2.24, 2.45) is 0 Å². The summed E-state index contributed by atoms with van der Waals surface area (Å²) in [5, 5.41) is 10.6. The van der Waals surface area contributed by atoms with Gasteiger partial charge in [-0.25, -0.2) is 4.79 Å². The van der Waals surface area contributed by atoms with Crippen LogP contribution in [0.4, 0.5) is 4.79 Å². The maximum absolute atomic E-state index is 12.1. The Morgan fingerprint density at radius 1 is 1.43 bits per heavy atom. The van der Waals surface area contributed by atoms with Crippen LogP contribution in [0.5, 0.6) is 5.75 Å². The number of carbonyl (C=O) groups is 2. The first kappa shape index (κ1) is 17.7. The summed E-state index contributed by atoms with van der Waals surface area (Å²) in [6.45, 7) is 0.810. The third-order valence-electron chi connectivity index (χ3n) is 3.68. The molecule has 23 heavy (non-hydrogen) atoms. The van der Waals surface area contributed by atoms with E-state index in [1.165, 1.54) is 17.0 Å². The number of amides is 2. The number of rotatable bonds is 4. The van der Waals surface area contributed by atoms with E-state index in [1.807, 2.05) is 0 Å². The minimum absolute atomic E-state index is 0.0260. The van der Waals surface area contributed by atoms with Crippen molar-refractivity contribution in [2.45, 2.75) is 12.3 Å². The quantitative estimate of drug-likeness (QED) is 0.895. The van der Waals surface area contributed by atoms with Crippen LogP contribution >= 0.6 is 23.2 Å². The Hall–Kier alpha value is -1.66. The number of phenols is 1. The Morgan fingerprint density at radius 2 is 2.13 bits per heavy atom. The summed E-state index contributed by atoms with van der Waals surface area (Å²) in [7, 11) is 3.17. The zero-order valence-electron chi connectivity index (χ0n) is 12.9. The number of halogens is 2. The Kier molecular flexibility index (Phi) is 5.59. The van der Waals surface area contributed by atoms with Crippen molar-refractivity contribution >= 4 is 35.2 Å². The highest BCUT2D eigenvalue weighted by molar-refractivity contribution is 6.42. The molecule has 1 saturated heterocycles. The summed E-state index contributed by atoms with van der Waals surface area (Å²) in [6.07, 6.45) is -0.223. The third kappa shape index (κ3) is 4.00. The molecule has 126 valence electrons. The first-order valence-corrected chi connectivity index (χ1v) is 7.85. The first-order chi connectivity index (χ1) is 10.8. The molecule has 1 N–H and O–H groups in total. The molecular formula is C15H18Cl2N2O4. The summed E-state index contributed by atoms with van der Waals surface area (Å²) >= 11 is 12.1. The first-order valence-electron chi connectivity index (χ1n) is 7.10. The fourth-order valence-corrected chi connectivity index (χ4v) is 2.98. The van der Waals surface area contributed by atoms with Gasteiger partial charge in [0, 0.05) is 38.5 Å². The molecule has 1 aliphatic heterocycles. The minimum Gasteiger partial charge on any atom is -0.508 e. The molecule has 1 atom stereocenters. The fraction of sp³-hybridized carbons (Fsp3) is 0.467. The van der Waals surface area contributed by atoms with Crippen LogP contribution in [-0.2, 0) is 9.53 Å². The predicted octanol–water partition coefficient (Wildman–Crippen LogP) is 2.71. The van der Waals surface area contributed by atoms with Crippen LogP contribution in [0, 0.1) is 0 Å². The smallest absolute Gasteiger partial charge is 0.409 e. The molecule has 0 aliphatic carbocycles. The van der Waals surface area contributed by atoms with Gasteiger partial charge in [-0.1, -0.05) is 23.2 Å². The number of aromatic hydroxyl groups is 1. The zero-order valence-corrected chi connectivity index (χ0v) is 14.4. The van der Waals surface area contributed by atoms with Gasteiger partial charge in [0.25, 0.3) is 0 Å². The van der Waals surface area contributed by atoms with E-state index in [2.05, 4.69) is 0 Å².